The molecule has 0 bridgehead atoms. The van der Waals surface area contributed by atoms with Crippen molar-refractivity contribution < 1.29 is 27.8 Å². The lowest BCUT2D eigenvalue weighted by molar-refractivity contribution is -0.137. The van der Waals surface area contributed by atoms with Crippen molar-refractivity contribution in [2.24, 2.45) is 0 Å². The van der Waals surface area contributed by atoms with Crippen LogP contribution in [-0.4, -0.2) is 43.0 Å². The summed E-state index contributed by atoms with van der Waals surface area (Å²) in [4.78, 5) is 4.46. The number of benzene rings is 3. The predicted octanol–water partition coefficient (Wildman–Crippen LogP) is 5.05. The number of phenolic OH excluding ortho intramolecular Hbond substituents is 1. The molecule has 2 aliphatic heterocycles. The fourth-order valence-electron chi connectivity index (χ4n) is 4.48. The Kier molecular flexibility index (Phi) is 5.54. The summed E-state index contributed by atoms with van der Waals surface area (Å²) in [6.07, 6.45) is -4.41. The first kappa shape index (κ1) is 21.5. The average molecular weight is 456 g/mol. The van der Waals surface area contributed by atoms with Gasteiger partial charge in [-0.05, 0) is 35.9 Å². The zero-order valence-electron chi connectivity index (χ0n) is 17.8. The zero-order valence-corrected chi connectivity index (χ0v) is 17.8. The molecular formula is C25H23F3N2O3. The van der Waals surface area contributed by atoms with Crippen LogP contribution in [0.1, 0.15) is 22.7 Å². The number of halogens is 3. The standard InChI is InChI=1S/C25H23F3N2O3/c26-25(27,28)18-8-6-17(7-9-18)24(20-14-22-23(15-21(20)31)33-16-32-22)30-12-10-29(11-13-30)19-4-2-1-3-5-19/h1-9,14-15,24,31H,10-13,16H2. The Balaban J connectivity index is 1.47. The van der Waals surface area contributed by atoms with Crippen molar-refractivity contribution >= 4 is 5.69 Å². The quantitative estimate of drug-likeness (QED) is 0.595. The third-order valence-corrected chi connectivity index (χ3v) is 6.17. The molecule has 2 heterocycles. The van der Waals surface area contributed by atoms with E-state index in [9.17, 15) is 18.3 Å². The SMILES string of the molecule is Oc1cc2c(cc1C(c1ccc(C(F)(F)F)cc1)N1CCN(c3ccccc3)CC1)OCO2. The summed E-state index contributed by atoms with van der Waals surface area (Å²) in [7, 11) is 0. The van der Waals surface area contributed by atoms with Crippen molar-refractivity contribution in [2.45, 2.75) is 12.2 Å². The Morgan fingerprint density at radius 3 is 2.09 bits per heavy atom. The van der Waals surface area contributed by atoms with Crippen LogP contribution in [0.3, 0.4) is 0 Å². The van der Waals surface area contributed by atoms with Gasteiger partial charge in [-0.15, -0.1) is 0 Å². The van der Waals surface area contributed by atoms with Crippen molar-refractivity contribution in [2.75, 3.05) is 37.9 Å². The topological polar surface area (TPSA) is 45.2 Å². The van der Waals surface area contributed by atoms with E-state index in [1.807, 2.05) is 18.2 Å². The normalized spacial score (nSPS) is 17.2. The minimum absolute atomic E-state index is 0.0228. The number of alkyl halides is 3. The molecule has 1 saturated heterocycles. The highest BCUT2D eigenvalue weighted by Gasteiger charge is 2.33. The lowest BCUT2D eigenvalue weighted by Gasteiger charge is -2.40. The van der Waals surface area contributed by atoms with Crippen molar-refractivity contribution in [3.63, 3.8) is 0 Å². The van der Waals surface area contributed by atoms with Crippen LogP contribution in [0.4, 0.5) is 18.9 Å². The van der Waals surface area contributed by atoms with E-state index in [0.717, 1.165) is 30.9 Å². The number of rotatable bonds is 4. The molecule has 1 N–H and O–H groups in total. The van der Waals surface area contributed by atoms with E-state index < -0.39 is 17.8 Å². The first-order chi connectivity index (χ1) is 15.9. The number of aromatic hydroxyl groups is 1. The summed E-state index contributed by atoms with van der Waals surface area (Å²) in [5.74, 6) is 0.994. The highest BCUT2D eigenvalue weighted by Crippen LogP contribution is 2.44. The molecule has 8 heteroatoms. The molecule has 0 amide bonds. The molecule has 0 aliphatic carbocycles. The molecule has 1 unspecified atom stereocenters. The molecule has 1 fully saturated rings. The molecule has 0 radical (unpaired) electrons. The largest absolute Gasteiger partial charge is 0.507 e. The molecule has 2 aliphatic rings. The maximum atomic E-state index is 13.1. The van der Waals surface area contributed by atoms with E-state index in [2.05, 4.69) is 21.9 Å². The van der Waals surface area contributed by atoms with Crippen molar-refractivity contribution in [3.8, 4) is 17.2 Å². The monoisotopic (exact) mass is 456 g/mol. The third-order valence-electron chi connectivity index (χ3n) is 6.17. The fourth-order valence-corrected chi connectivity index (χ4v) is 4.48. The summed E-state index contributed by atoms with van der Waals surface area (Å²) < 4.78 is 50.2. The first-order valence-corrected chi connectivity index (χ1v) is 10.7. The molecule has 3 aromatic carbocycles. The molecule has 172 valence electrons. The summed E-state index contributed by atoms with van der Waals surface area (Å²) >= 11 is 0. The fraction of sp³-hybridized carbons (Fsp3) is 0.280. The third kappa shape index (κ3) is 4.30. The van der Waals surface area contributed by atoms with Gasteiger partial charge in [-0.1, -0.05) is 30.3 Å². The Labute approximate surface area is 189 Å². The summed E-state index contributed by atoms with van der Waals surface area (Å²) in [5.41, 5.74) is 1.68. The van der Waals surface area contributed by atoms with E-state index in [1.165, 1.54) is 18.2 Å². The van der Waals surface area contributed by atoms with Gasteiger partial charge in [0.15, 0.2) is 11.5 Å². The second-order valence-electron chi connectivity index (χ2n) is 8.15. The van der Waals surface area contributed by atoms with Crippen molar-refractivity contribution in [1.29, 1.82) is 0 Å². The van der Waals surface area contributed by atoms with Crippen LogP contribution < -0.4 is 14.4 Å². The van der Waals surface area contributed by atoms with E-state index in [4.69, 9.17) is 9.47 Å². The maximum Gasteiger partial charge on any atom is 0.416 e. The van der Waals surface area contributed by atoms with Gasteiger partial charge in [-0.3, -0.25) is 4.90 Å². The van der Waals surface area contributed by atoms with E-state index >= 15 is 0 Å². The molecule has 0 aromatic heterocycles. The number of ether oxygens (including phenoxy) is 2. The smallest absolute Gasteiger partial charge is 0.416 e. The van der Waals surface area contributed by atoms with Gasteiger partial charge in [-0.2, -0.15) is 13.2 Å². The van der Waals surface area contributed by atoms with Crippen molar-refractivity contribution in [3.05, 3.63) is 83.4 Å². The van der Waals surface area contributed by atoms with Crippen LogP contribution in [0, 0.1) is 0 Å². The minimum Gasteiger partial charge on any atom is -0.507 e. The van der Waals surface area contributed by atoms with Gasteiger partial charge in [-0.25, -0.2) is 0 Å². The Morgan fingerprint density at radius 2 is 1.45 bits per heavy atom. The molecule has 0 saturated carbocycles. The average Bonchev–Trinajstić information content (AvgIpc) is 3.27. The first-order valence-electron chi connectivity index (χ1n) is 10.7. The van der Waals surface area contributed by atoms with Gasteiger partial charge >= 0.3 is 6.18 Å². The van der Waals surface area contributed by atoms with Crippen LogP contribution in [0.15, 0.2) is 66.7 Å². The number of para-hydroxylation sites is 1. The van der Waals surface area contributed by atoms with Crippen molar-refractivity contribution in [1.82, 2.24) is 4.90 Å². The van der Waals surface area contributed by atoms with Gasteiger partial charge in [0.25, 0.3) is 0 Å². The van der Waals surface area contributed by atoms with Gasteiger partial charge < -0.3 is 19.5 Å². The van der Waals surface area contributed by atoms with Gasteiger partial charge in [0.1, 0.15) is 5.75 Å². The van der Waals surface area contributed by atoms with Gasteiger partial charge in [0, 0.05) is 43.5 Å². The second-order valence-corrected chi connectivity index (χ2v) is 8.15. The highest BCUT2D eigenvalue weighted by molar-refractivity contribution is 5.54. The molecular weight excluding hydrogens is 433 g/mol. The lowest BCUT2D eigenvalue weighted by atomic mass is 9.94. The zero-order chi connectivity index (χ0) is 23.0. The van der Waals surface area contributed by atoms with Gasteiger partial charge in [0.2, 0.25) is 6.79 Å². The van der Waals surface area contributed by atoms with E-state index in [-0.39, 0.29) is 12.5 Å². The number of phenols is 1. The van der Waals surface area contributed by atoms with E-state index in [1.54, 1.807) is 6.07 Å². The highest BCUT2D eigenvalue weighted by atomic mass is 19.4. The number of hydrogen-bond acceptors (Lipinski definition) is 5. The lowest BCUT2D eigenvalue weighted by Crippen LogP contribution is -2.48. The van der Waals surface area contributed by atoms with Crippen LogP contribution in [0.25, 0.3) is 0 Å². The molecule has 1 atom stereocenters. The molecule has 5 nitrogen and oxygen atoms in total. The Hall–Kier alpha value is -3.39. The summed E-state index contributed by atoms with van der Waals surface area (Å²) in [6.45, 7) is 2.93. The second kappa shape index (κ2) is 8.51. The summed E-state index contributed by atoms with van der Waals surface area (Å²) in [5, 5.41) is 10.8. The summed E-state index contributed by atoms with van der Waals surface area (Å²) in [6, 6.07) is 18.1. The number of hydrogen-bond donors (Lipinski definition) is 1. The van der Waals surface area contributed by atoms with Crippen LogP contribution in [-0.2, 0) is 6.18 Å². The van der Waals surface area contributed by atoms with Crippen LogP contribution in [0.2, 0.25) is 0 Å². The molecule has 0 spiro atoms. The molecule has 5 rings (SSSR count). The maximum absolute atomic E-state index is 13.1. The van der Waals surface area contributed by atoms with Gasteiger partial charge in [0.05, 0.1) is 11.6 Å². The number of nitrogens with zero attached hydrogens (tertiary/aromatic N) is 2. The van der Waals surface area contributed by atoms with E-state index in [0.29, 0.717) is 35.7 Å². The number of fused-ring (bicyclic) bond motifs is 1. The predicted molar refractivity (Wildman–Crippen MR) is 118 cm³/mol. The Morgan fingerprint density at radius 1 is 0.818 bits per heavy atom. The molecule has 33 heavy (non-hydrogen) atoms. The van der Waals surface area contributed by atoms with Crippen LogP contribution >= 0.6 is 0 Å². The Bertz CT molecular complexity index is 1110. The van der Waals surface area contributed by atoms with Crippen LogP contribution in [0.5, 0.6) is 17.2 Å². The minimum atomic E-state index is -4.41. The number of anilines is 1. The number of piperazine rings is 1. The molecule has 3 aromatic rings.